The third kappa shape index (κ3) is 4.52. The molecular weight excluding hydrogens is 290 g/mol. The van der Waals surface area contributed by atoms with Crippen molar-refractivity contribution in [3.05, 3.63) is 30.1 Å². The lowest BCUT2D eigenvalue weighted by Crippen LogP contribution is -2.47. The number of β-amino-alcohol motifs (C(OH)–C–C–N with tert-alkyl or cyclic N) is 1. The number of hydrogen-bond acceptors (Lipinski definition) is 4. The van der Waals surface area contributed by atoms with Crippen molar-refractivity contribution in [3.8, 4) is 0 Å². The quantitative estimate of drug-likeness (QED) is 0.867. The summed E-state index contributed by atoms with van der Waals surface area (Å²) in [5.41, 5.74) is 0.391. The molecule has 23 heavy (non-hydrogen) atoms. The summed E-state index contributed by atoms with van der Waals surface area (Å²) >= 11 is 0. The first-order valence-electron chi connectivity index (χ1n) is 8.82. The average Bonchev–Trinajstić information content (AvgIpc) is 2.60. The molecule has 3 rings (SSSR count). The molecule has 3 atom stereocenters. The van der Waals surface area contributed by atoms with E-state index in [4.69, 9.17) is 0 Å². The number of pyridine rings is 1. The van der Waals surface area contributed by atoms with Crippen LogP contribution in [0.15, 0.2) is 24.4 Å². The summed E-state index contributed by atoms with van der Waals surface area (Å²) in [5.74, 6) is 1.49. The molecule has 0 aromatic carbocycles. The monoisotopic (exact) mass is 317 g/mol. The van der Waals surface area contributed by atoms with Gasteiger partial charge in [0.25, 0.3) is 5.91 Å². The van der Waals surface area contributed by atoms with Crippen LogP contribution in [0.25, 0.3) is 0 Å². The van der Waals surface area contributed by atoms with Gasteiger partial charge in [-0.3, -0.25) is 9.78 Å². The highest BCUT2D eigenvalue weighted by atomic mass is 16.3. The Morgan fingerprint density at radius 2 is 2.13 bits per heavy atom. The predicted octanol–water partition coefficient (Wildman–Crippen LogP) is 1.68. The minimum atomic E-state index is -0.525. The number of carbonyl (C=O) groups is 1. The largest absolute Gasteiger partial charge is 0.390 e. The number of aliphatic hydroxyl groups is 1. The third-order valence-electron chi connectivity index (χ3n) is 5.24. The molecule has 0 radical (unpaired) electrons. The summed E-state index contributed by atoms with van der Waals surface area (Å²) in [7, 11) is 0. The first kappa shape index (κ1) is 16.4. The van der Waals surface area contributed by atoms with Gasteiger partial charge in [-0.25, -0.2) is 0 Å². The van der Waals surface area contributed by atoms with Crippen molar-refractivity contribution in [2.24, 2.45) is 11.8 Å². The number of rotatable bonds is 5. The Kier molecular flexibility index (Phi) is 5.62. The van der Waals surface area contributed by atoms with Gasteiger partial charge in [-0.15, -0.1) is 0 Å². The molecule has 2 aliphatic rings. The number of nitrogens with zero attached hydrogens (tertiary/aromatic N) is 2. The fourth-order valence-corrected chi connectivity index (χ4v) is 4.00. The number of amides is 1. The summed E-state index contributed by atoms with van der Waals surface area (Å²) in [4.78, 5) is 18.3. The number of likely N-dealkylation sites (tertiary alicyclic amines) is 1. The molecule has 2 heterocycles. The summed E-state index contributed by atoms with van der Waals surface area (Å²) in [6, 6.07) is 5.24. The Morgan fingerprint density at radius 3 is 2.91 bits per heavy atom. The van der Waals surface area contributed by atoms with E-state index in [2.05, 4.69) is 15.2 Å². The second kappa shape index (κ2) is 7.88. The molecule has 2 fully saturated rings. The maximum Gasteiger partial charge on any atom is 0.269 e. The Morgan fingerprint density at radius 1 is 1.30 bits per heavy atom. The van der Waals surface area contributed by atoms with Crippen molar-refractivity contribution >= 4 is 5.91 Å². The molecule has 2 N–H and O–H groups in total. The number of fused-ring (bicyclic) bond motifs is 1. The lowest BCUT2D eigenvalue weighted by molar-refractivity contribution is 0.0455. The maximum absolute atomic E-state index is 11.9. The van der Waals surface area contributed by atoms with Gasteiger partial charge in [0.15, 0.2) is 0 Å². The molecule has 126 valence electrons. The molecule has 1 saturated carbocycles. The van der Waals surface area contributed by atoms with Crippen molar-refractivity contribution in [3.63, 3.8) is 0 Å². The van der Waals surface area contributed by atoms with E-state index in [-0.39, 0.29) is 12.5 Å². The number of nitrogens with one attached hydrogen (secondary N) is 1. The molecule has 5 nitrogen and oxygen atoms in total. The molecule has 1 aliphatic carbocycles. The van der Waals surface area contributed by atoms with Gasteiger partial charge in [0.2, 0.25) is 0 Å². The van der Waals surface area contributed by atoms with Gasteiger partial charge in [-0.1, -0.05) is 25.3 Å². The highest BCUT2D eigenvalue weighted by molar-refractivity contribution is 5.92. The first-order valence-corrected chi connectivity index (χ1v) is 8.82. The normalized spacial score (nSPS) is 26.3. The highest BCUT2D eigenvalue weighted by Crippen LogP contribution is 2.35. The average molecular weight is 317 g/mol. The number of aromatic nitrogens is 1. The lowest BCUT2D eigenvalue weighted by Gasteiger charge is -2.41. The fraction of sp³-hybridized carbons (Fsp3) is 0.667. The SMILES string of the molecule is O=C(NCC(O)CN1CCC2CCCCC2C1)c1ccccn1. The fourth-order valence-electron chi connectivity index (χ4n) is 4.00. The van der Waals surface area contributed by atoms with Crippen LogP contribution in [0.4, 0.5) is 0 Å². The lowest BCUT2D eigenvalue weighted by atomic mass is 9.75. The van der Waals surface area contributed by atoms with Gasteiger partial charge < -0.3 is 15.3 Å². The molecular formula is C18H27N3O2. The molecule has 1 aromatic heterocycles. The Bertz CT molecular complexity index is 508. The Hall–Kier alpha value is -1.46. The van der Waals surface area contributed by atoms with E-state index in [1.54, 1.807) is 24.4 Å². The van der Waals surface area contributed by atoms with Crippen LogP contribution in [0.2, 0.25) is 0 Å². The summed E-state index contributed by atoms with van der Waals surface area (Å²) in [6.45, 7) is 3.11. The van der Waals surface area contributed by atoms with Crippen LogP contribution in [0.5, 0.6) is 0 Å². The van der Waals surface area contributed by atoms with Crippen LogP contribution in [0.3, 0.4) is 0 Å². The van der Waals surface area contributed by atoms with Crippen LogP contribution in [0, 0.1) is 11.8 Å². The van der Waals surface area contributed by atoms with Gasteiger partial charge in [0.1, 0.15) is 5.69 Å². The first-order chi connectivity index (χ1) is 11.2. The van der Waals surface area contributed by atoms with Gasteiger partial charge >= 0.3 is 0 Å². The topological polar surface area (TPSA) is 65.5 Å². The van der Waals surface area contributed by atoms with Crippen molar-refractivity contribution < 1.29 is 9.90 Å². The van der Waals surface area contributed by atoms with Gasteiger partial charge in [0, 0.05) is 25.8 Å². The van der Waals surface area contributed by atoms with Crippen LogP contribution in [-0.4, -0.2) is 53.2 Å². The standard InChI is InChI=1S/C18H27N3O2/c22-16(11-20-18(23)17-7-3-4-9-19-17)13-21-10-8-14-5-1-2-6-15(14)12-21/h3-4,7,9,14-16,22H,1-2,5-6,8,10-13H2,(H,20,23). The van der Waals surface area contributed by atoms with E-state index in [0.29, 0.717) is 12.2 Å². The smallest absolute Gasteiger partial charge is 0.269 e. The van der Waals surface area contributed by atoms with Crippen molar-refractivity contribution in [2.75, 3.05) is 26.2 Å². The van der Waals surface area contributed by atoms with Crippen LogP contribution >= 0.6 is 0 Å². The zero-order valence-electron chi connectivity index (χ0n) is 13.7. The molecule has 0 spiro atoms. The summed E-state index contributed by atoms with van der Waals surface area (Å²) < 4.78 is 0. The second-order valence-corrected chi connectivity index (χ2v) is 6.93. The van der Waals surface area contributed by atoms with Gasteiger partial charge in [-0.05, 0) is 43.4 Å². The zero-order chi connectivity index (χ0) is 16.1. The van der Waals surface area contributed by atoms with Gasteiger partial charge in [0.05, 0.1) is 6.10 Å². The van der Waals surface area contributed by atoms with Crippen LogP contribution < -0.4 is 5.32 Å². The second-order valence-electron chi connectivity index (χ2n) is 6.93. The minimum absolute atomic E-state index is 0.226. The van der Waals surface area contributed by atoms with E-state index in [1.807, 2.05) is 0 Å². The molecule has 3 unspecified atom stereocenters. The van der Waals surface area contributed by atoms with E-state index < -0.39 is 6.10 Å². The molecule has 0 bridgehead atoms. The Labute approximate surface area is 138 Å². The van der Waals surface area contributed by atoms with E-state index in [0.717, 1.165) is 24.9 Å². The van der Waals surface area contributed by atoms with E-state index in [1.165, 1.54) is 32.1 Å². The van der Waals surface area contributed by atoms with Crippen molar-refractivity contribution in [1.29, 1.82) is 0 Å². The van der Waals surface area contributed by atoms with Crippen LogP contribution in [-0.2, 0) is 0 Å². The Balaban J connectivity index is 1.41. The van der Waals surface area contributed by atoms with Crippen molar-refractivity contribution in [1.82, 2.24) is 15.2 Å². The number of hydrogen-bond donors (Lipinski definition) is 2. The molecule has 1 saturated heterocycles. The summed E-state index contributed by atoms with van der Waals surface area (Å²) in [6.07, 6.45) is 7.82. The van der Waals surface area contributed by atoms with Gasteiger partial charge in [-0.2, -0.15) is 0 Å². The molecule has 1 amide bonds. The minimum Gasteiger partial charge on any atom is -0.390 e. The van der Waals surface area contributed by atoms with Crippen LogP contribution in [0.1, 0.15) is 42.6 Å². The highest BCUT2D eigenvalue weighted by Gasteiger charge is 2.31. The number of aliphatic hydroxyl groups excluding tert-OH is 1. The van der Waals surface area contributed by atoms with Crippen molar-refractivity contribution in [2.45, 2.75) is 38.2 Å². The number of carbonyl (C=O) groups excluding carboxylic acids is 1. The maximum atomic E-state index is 11.9. The molecule has 5 heteroatoms. The predicted molar refractivity (Wildman–Crippen MR) is 89.1 cm³/mol. The summed E-state index contributed by atoms with van der Waals surface area (Å²) in [5, 5.41) is 13.0. The van der Waals surface area contributed by atoms with E-state index in [9.17, 15) is 9.90 Å². The van der Waals surface area contributed by atoms with E-state index >= 15 is 0 Å². The number of piperidine rings is 1. The zero-order valence-corrected chi connectivity index (χ0v) is 13.7. The molecule has 1 aromatic rings. The third-order valence-corrected chi connectivity index (χ3v) is 5.24. The molecule has 1 aliphatic heterocycles.